The molecule has 9 aromatic rings. The van der Waals surface area contributed by atoms with Crippen molar-refractivity contribution in [1.82, 2.24) is 0 Å². The Morgan fingerprint density at radius 2 is 1.02 bits per heavy atom. The van der Waals surface area contributed by atoms with Crippen LogP contribution < -0.4 is 4.74 Å². The largest absolute Gasteiger partial charge is 0.456 e. The molecule has 0 saturated carbocycles. The van der Waals surface area contributed by atoms with Crippen molar-refractivity contribution in [2.75, 3.05) is 0 Å². The van der Waals surface area contributed by atoms with Gasteiger partial charge in [-0.1, -0.05) is 140 Å². The highest BCUT2D eigenvalue weighted by atomic mass is 16.5. The molecule has 0 radical (unpaired) electrons. The second-order valence-electron chi connectivity index (χ2n) is 12.5. The van der Waals surface area contributed by atoms with Crippen LogP contribution in [0.5, 0.6) is 11.5 Å². The molecule has 47 heavy (non-hydrogen) atoms. The van der Waals surface area contributed by atoms with Crippen molar-refractivity contribution in [3.63, 3.8) is 0 Å². The molecule has 0 bridgehead atoms. The molecule has 1 aliphatic rings. The van der Waals surface area contributed by atoms with Gasteiger partial charge in [-0.05, 0) is 107 Å². The van der Waals surface area contributed by atoms with Gasteiger partial charge < -0.3 is 4.74 Å². The fraction of sp³-hybridized carbons (Fsp3) is 0. The Hall–Kier alpha value is -6.18. The van der Waals surface area contributed by atoms with E-state index >= 15 is 0 Å². The summed E-state index contributed by atoms with van der Waals surface area (Å²) >= 11 is 0. The summed E-state index contributed by atoms with van der Waals surface area (Å²) in [6, 6.07) is 61.5. The van der Waals surface area contributed by atoms with Crippen molar-refractivity contribution >= 4 is 43.1 Å². The summed E-state index contributed by atoms with van der Waals surface area (Å²) in [6.07, 6.45) is 0. The van der Waals surface area contributed by atoms with E-state index in [1.165, 1.54) is 71.1 Å². The average Bonchev–Trinajstić information content (AvgIpc) is 3.14. The van der Waals surface area contributed by atoms with E-state index in [-0.39, 0.29) is 0 Å². The maximum atomic E-state index is 6.63. The van der Waals surface area contributed by atoms with Crippen molar-refractivity contribution in [1.29, 1.82) is 0 Å². The third kappa shape index (κ3) is 4.03. The van der Waals surface area contributed by atoms with Gasteiger partial charge in [0.05, 0.1) is 0 Å². The van der Waals surface area contributed by atoms with Gasteiger partial charge in [0.15, 0.2) is 0 Å². The lowest BCUT2D eigenvalue weighted by atomic mass is 9.87. The van der Waals surface area contributed by atoms with E-state index < -0.39 is 0 Å². The normalized spacial score (nSPS) is 12.0. The Morgan fingerprint density at radius 3 is 1.94 bits per heavy atom. The number of hydrogen-bond donors (Lipinski definition) is 0. The van der Waals surface area contributed by atoms with Crippen LogP contribution >= 0.6 is 0 Å². The summed E-state index contributed by atoms with van der Waals surface area (Å²) in [5.41, 5.74) is 9.57. The molecular formula is C46H28O. The lowest BCUT2D eigenvalue weighted by molar-refractivity contribution is 0.487. The molecule has 1 heteroatoms. The minimum absolute atomic E-state index is 0.899. The van der Waals surface area contributed by atoms with E-state index in [4.69, 9.17) is 4.74 Å². The van der Waals surface area contributed by atoms with E-state index in [2.05, 4.69) is 170 Å². The maximum Gasteiger partial charge on any atom is 0.135 e. The number of benzene rings is 9. The van der Waals surface area contributed by atoms with Gasteiger partial charge in [-0.2, -0.15) is 0 Å². The molecule has 0 unspecified atom stereocenters. The Kier molecular flexibility index (Phi) is 5.64. The zero-order chi connectivity index (χ0) is 30.9. The third-order valence-electron chi connectivity index (χ3n) is 9.83. The second kappa shape index (κ2) is 10.2. The SMILES string of the molecule is c1ccc(-c2ccc3c(c2)Oc2ccc(-c4cccc(-c5c6ccccc6cc6c5ccc5ccccc56)c4)c4cccc-3c24)cc1. The summed E-state index contributed by atoms with van der Waals surface area (Å²) in [5.74, 6) is 1.80. The van der Waals surface area contributed by atoms with Gasteiger partial charge >= 0.3 is 0 Å². The minimum Gasteiger partial charge on any atom is -0.456 e. The Morgan fingerprint density at radius 1 is 0.298 bits per heavy atom. The van der Waals surface area contributed by atoms with E-state index in [9.17, 15) is 0 Å². The molecule has 0 spiro atoms. The maximum absolute atomic E-state index is 6.63. The Balaban J connectivity index is 1.16. The number of hydrogen-bond acceptors (Lipinski definition) is 1. The summed E-state index contributed by atoms with van der Waals surface area (Å²) in [7, 11) is 0. The Labute approximate surface area is 272 Å². The molecule has 1 heterocycles. The molecule has 0 aromatic heterocycles. The summed E-state index contributed by atoms with van der Waals surface area (Å²) < 4.78 is 6.63. The second-order valence-corrected chi connectivity index (χ2v) is 12.5. The third-order valence-corrected chi connectivity index (χ3v) is 9.83. The van der Waals surface area contributed by atoms with Crippen LogP contribution in [0, 0.1) is 0 Å². The predicted molar refractivity (Wildman–Crippen MR) is 198 cm³/mol. The van der Waals surface area contributed by atoms with Crippen LogP contribution in [-0.4, -0.2) is 0 Å². The lowest BCUT2D eigenvalue weighted by Gasteiger charge is -2.23. The first-order valence-corrected chi connectivity index (χ1v) is 16.2. The zero-order valence-electron chi connectivity index (χ0n) is 25.6. The van der Waals surface area contributed by atoms with Crippen molar-refractivity contribution in [3.8, 4) is 56.0 Å². The molecule has 9 aromatic carbocycles. The minimum atomic E-state index is 0.899. The number of rotatable bonds is 3. The standard InChI is InChI=1S/C46H28O/c1-2-10-29(11-3-1)31-21-22-38-40-19-9-18-39-36(24-25-43(46(39)40)47-44(38)28-31)32-14-8-15-34(26-32)45-37-17-7-5-13-33(37)27-42-35-16-6-4-12-30(35)20-23-41(42)45/h1-28H. The van der Waals surface area contributed by atoms with Gasteiger partial charge in [-0.25, -0.2) is 0 Å². The van der Waals surface area contributed by atoms with Gasteiger partial charge in [0.1, 0.15) is 11.5 Å². The highest BCUT2D eigenvalue weighted by Crippen LogP contribution is 2.50. The van der Waals surface area contributed by atoms with Gasteiger partial charge in [-0.3, -0.25) is 0 Å². The first-order valence-electron chi connectivity index (χ1n) is 16.2. The van der Waals surface area contributed by atoms with Crippen LogP contribution in [0.3, 0.4) is 0 Å². The van der Waals surface area contributed by atoms with E-state index in [0.717, 1.165) is 28.0 Å². The van der Waals surface area contributed by atoms with Crippen molar-refractivity contribution < 1.29 is 4.74 Å². The van der Waals surface area contributed by atoms with Crippen LogP contribution in [0.25, 0.3) is 87.6 Å². The summed E-state index contributed by atoms with van der Waals surface area (Å²) in [6.45, 7) is 0. The van der Waals surface area contributed by atoms with Crippen molar-refractivity contribution in [3.05, 3.63) is 170 Å². The van der Waals surface area contributed by atoms with Crippen molar-refractivity contribution in [2.24, 2.45) is 0 Å². The highest BCUT2D eigenvalue weighted by Gasteiger charge is 2.22. The quantitative estimate of drug-likeness (QED) is 0.146. The monoisotopic (exact) mass is 596 g/mol. The smallest absolute Gasteiger partial charge is 0.135 e. The van der Waals surface area contributed by atoms with Gasteiger partial charge in [0.25, 0.3) is 0 Å². The van der Waals surface area contributed by atoms with E-state index in [1.54, 1.807) is 0 Å². The molecule has 1 aliphatic heterocycles. The molecule has 0 saturated heterocycles. The Bertz CT molecular complexity index is 2700. The van der Waals surface area contributed by atoms with Gasteiger partial charge in [0.2, 0.25) is 0 Å². The molecule has 0 fully saturated rings. The van der Waals surface area contributed by atoms with Crippen LogP contribution in [0.4, 0.5) is 0 Å². The fourth-order valence-electron chi connectivity index (χ4n) is 7.67. The van der Waals surface area contributed by atoms with Crippen LogP contribution in [-0.2, 0) is 0 Å². The molecule has 218 valence electrons. The average molecular weight is 597 g/mol. The van der Waals surface area contributed by atoms with Crippen LogP contribution in [0.1, 0.15) is 0 Å². The lowest BCUT2D eigenvalue weighted by Crippen LogP contribution is -1.98. The topological polar surface area (TPSA) is 9.23 Å². The molecule has 1 nitrogen and oxygen atoms in total. The molecule has 0 aliphatic carbocycles. The first-order chi connectivity index (χ1) is 23.3. The highest BCUT2D eigenvalue weighted by molar-refractivity contribution is 6.20. The summed E-state index contributed by atoms with van der Waals surface area (Å²) in [5, 5.41) is 9.99. The molecule has 0 amide bonds. The van der Waals surface area contributed by atoms with Crippen LogP contribution in [0.15, 0.2) is 170 Å². The van der Waals surface area contributed by atoms with Gasteiger partial charge in [0, 0.05) is 10.9 Å². The molecule has 10 rings (SSSR count). The first kappa shape index (κ1) is 26.1. The number of ether oxygens (including phenoxy) is 1. The molecule has 0 N–H and O–H groups in total. The van der Waals surface area contributed by atoms with Crippen LogP contribution in [0.2, 0.25) is 0 Å². The number of fused-ring (bicyclic) bond motifs is 6. The summed E-state index contributed by atoms with van der Waals surface area (Å²) in [4.78, 5) is 0. The van der Waals surface area contributed by atoms with Gasteiger partial charge in [-0.15, -0.1) is 0 Å². The zero-order valence-corrected chi connectivity index (χ0v) is 25.6. The molecule has 0 atom stereocenters. The van der Waals surface area contributed by atoms with E-state index in [1.807, 2.05) is 0 Å². The van der Waals surface area contributed by atoms with E-state index in [0.29, 0.717) is 0 Å². The fourth-order valence-corrected chi connectivity index (χ4v) is 7.67. The van der Waals surface area contributed by atoms with Crippen molar-refractivity contribution in [2.45, 2.75) is 0 Å². The predicted octanol–water partition coefficient (Wildman–Crippen LogP) is 13.1. The molecular weight excluding hydrogens is 569 g/mol.